The van der Waals surface area contributed by atoms with Gasteiger partial charge in [0.2, 0.25) is 0 Å². The topological polar surface area (TPSA) is 54.4 Å². The van der Waals surface area contributed by atoms with Crippen molar-refractivity contribution in [2.24, 2.45) is 0 Å². The molecule has 116 valence electrons. The van der Waals surface area contributed by atoms with Crippen molar-refractivity contribution in [2.45, 2.75) is 13.8 Å². The summed E-state index contributed by atoms with van der Waals surface area (Å²) in [5, 5.41) is 0. The highest BCUT2D eigenvalue weighted by atomic mass is 16.5. The molecule has 1 fully saturated rings. The van der Waals surface area contributed by atoms with Gasteiger partial charge in [0.25, 0.3) is 0 Å². The van der Waals surface area contributed by atoms with Crippen molar-refractivity contribution >= 4 is 11.6 Å². The van der Waals surface area contributed by atoms with Gasteiger partial charge in [-0.25, -0.2) is 9.97 Å². The molecule has 0 saturated carbocycles. The third kappa shape index (κ3) is 3.10. The van der Waals surface area contributed by atoms with Crippen molar-refractivity contribution in [1.29, 1.82) is 0 Å². The molecule has 22 heavy (non-hydrogen) atoms. The third-order valence-corrected chi connectivity index (χ3v) is 3.83. The molecule has 0 bridgehead atoms. The van der Waals surface area contributed by atoms with Crippen molar-refractivity contribution in [3.63, 3.8) is 0 Å². The lowest BCUT2D eigenvalue weighted by Gasteiger charge is -2.36. The van der Waals surface area contributed by atoms with Crippen LogP contribution in [0, 0.1) is 13.8 Å². The van der Waals surface area contributed by atoms with E-state index in [1.54, 1.807) is 7.11 Å². The average molecular weight is 299 g/mol. The van der Waals surface area contributed by atoms with Crippen molar-refractivity contribution in [2.75, 3.05) is 43.1 Å². The fraction of sp³-hybridized carbons (Fsp3) is 0.438. The Balaban J connectivity index is 1.70. The summed E-state index contributed by atoms with van der Waals surface area (Å²) in [6.45, 7) is 7.74. The first kappa shape index (κ1) is 14.6. The van der Waals surface area contributed by atoms with Gasteiger partial charge in [-0.2, -0.15) is 4.98 Å². The van der Waals surface area contributed by atoms with Crippen LogP contribution in [-0.2, 0) is 0 Å². The first-order chi connectivity index (χ1) is 10.7. The Morgan fingerprint density at radius 3 is 2.27 bits per heavy atom. The molecule has 0 spiro atoms. The van der Waals surface area contributed by atoms with Gasteiger partial charge in [-0.1, -0.05) is 0 Å². The standard InChI is InChI=1S/C16H21N5O/c1-12-4-5-17-14(10-12)20-6-8-21(9-7-20)15-11-13(2)18-16(19-15)22-3/h4-5,10-11H,6-9H2,1-3H3. The maximum Gasteiger partial charge on any atom is 0.318 e. The SMILES string of the molecule is COc1nc(C)cc(N2CCN(c3cc(C)ccn3)CC2)n1. The van der Waals surface area contributed by atoms with Gasteiger partial charge in [-0.05, 0) is 31.5 Å². The van der Waals surface area contributed by atoms with Crippen LogP contribution in [-0.4, -0.2) is 48.2 Å². The monoisotopic (exact) mass is 299 g/mol. The summed E-state index contributed by atoms with van der Waals surface area (Å²) >= 11 is 0. The van der Waals surface area contributed by atoms with Crippen LogP contribution >= 0.6 is 0 Å². The van der Waals surface area contributed by atoms with Gasteiger partial charge >= 0.3 is 6.01 Å². The largest absolute Gasteiger partial charge is 0.467 e. The molecule has 0 radical (unpaired) electrons. The molecule has 0 N–H and O–H groups in total. The molecule has 2 aromatic heterocycles. The lowest BCUT2D eigenvalue weighted by atomic mass is 10.2. The van der Waals surface area contributed by atoms with Crippen molar-refractivity contribution in [3.05, 3.63) is 35.7 Å². The van der Waals surface area contributed by atoms with Crippen molar-refractivity contribution < 1.29 is 4.74 Å². The molecule has 0 aromatic carbocycles. The lowest BCUT2D eigenvalue weighted by molar-refractivity contribution is 0.378. The number of piperazine rings is 1. The molecule has 2 aromatic rings. The fourth-order valence-electron chi connectivity index (χ4n) is 2.64. The molecule has 1 saturated heterocycles. The molecule has 0 unspecified atom stereocenters. The number of ether oxygens (including phenoxy) is 1. The molecule has 0 amide bonds. The summed E-state index contributed by atoms with van der Waals surface area (Å²) in [6.07, 6.45) is 1.87. The number of nitrogens with zero attached hydrogens (tertiary/aromatic N) is 5. The lowest BCUT2D eigenvalue weighted by Crippen LogP contribution is -2.47. The maximum atomic E-state index is 5.16. The van der Waals surface area contributed by atoms with Gasteiger partial charge in [0.15, 0.2) is 0 Å². The molecule has 0 atom stereocenters. The second-order valence-electron chi connectivity index (χ2n) is 5.52. The normalized spacial score (nSPS) is 15.0. The highest BCUT2D eigenvalue weighted by Crippen LogP contribution is 2.20. The van der Waals surface area contributed by atoms with Crippen LogP contribution < -0.4 is 14.5 Å². The van der Waals surface area contributed by atoms with E-state index in [1.165, 1.54) is 5.56 Å². The van der Waals surface area contributed by atoms with Crippen LogP contribution in [0.2, 0.25) is 0 Å². The quantitative estimate of drug-likeness (QED) is 0.862. The van der Waals surface area contributed by atoms with E-state index in [2.05, 4.69) is 37.7 Å². The number of hydrogen-bond donors (Lipinski definition) is 0. The smallest absolute Gasteiger partial charge is 0.318 e. The zero-order chi connectivity index (χ0) is 15.5. The number of pyridine rings is 1. The summed E-state index contributed by atoms with van der Waals surface area (Å²) in [6, 6.07) is 6.59. The predicted octanol–water partition coefficient (Wildman–Crippen LogP) is 1.82. The van der Waals surface area contributed by atoms with Crippen molar-refractivity contribution in [1.82, 2.24) is 15.0 Å². The van der Waals surface area contributed by atoms with E-state index >= 15 is 0 Å². The summed E-state index contributed by atoms with van der Waals surface area (Å²) in [4.78, 5) is 17.7. The molecular formula is C16H21N5O. The summed E-state index contributed by atoms with van der Waals surface area (Å²) in [5.74, 6) is 1.98. The summed E-state index contributed by atoms with van der Waals surface area (Å²) < 4.78 is 5.16. The summed E-state index contributed by atoms with van der Waals surface area (Å²) in [5.41, 5.74) is 2.16. The molecule has 3 rings (SSSR count). The molecule has 3 heterocycles. The van der Waals surface area contributed by atoms with Gasteiger partial charge in [0.1, 0.15) is 11.6 Å². The second-order valence-corrected chi connectivity index (χ2v) is 5.52. The van der Waals surface area contributed by atoms with Gasteiger partial charge in [-0.15, -0.1) is 0 Å². The van der Waals surface area contributed by atoms with Gasteiger partial charge in [0.05, 0.1) is 7.11 Å². The number of anilines is 2. The number of methoxy groups -OCH3 is 1. The molecule has 1 aliphatic heterocycles. The third-order valence-electron chi connectivity index (χ3n) is 3.83. The number of aryl methyl sites for hydroxylation is 2. The van der Waals surface area contributed by atoms with E-state index in [9.17, 15) is 0 Å². The average Bonchev–Trinajstić information content (AvgIpc) is 2.54. The zero-order valence-corrected chi connectivity index (χ0v) is 13.3. The molecule has 0 aliphatic carbocycles. The Morgan fingerprint density at radius 2 is 1.64 bits per heavy atom. The van der Waals surface area contributed by atoms with E-state index in [-0.39, 0.29) is 0 Å². The minimum atomic E-state index is 0.429. The summed E-state index contributed by atoms with van der Waals surface area (Å²) in [7, 11) is 1.60. The Bertz CT molecular complexity index is 653. The highest BCUT2D eigenvalue weighted by molar-refractivity contribution is 5.46. The van der Waals surface area contributed by atoms with Crippen molar-refractivity contribution in [3.8, 4) is 6.01 Å². The van der Waals surface area contributed by atoms with E-state index < -0.39 is 0 Å². The van der Waals surface area contributed by atoms with Gasteiger partial charge in [0, 0.05) is 44.1 Å². The van der Waals surface area contributed by atoms with Crippen LogP contribution in [0.25, 0.3) is 0 Å². The Kier molecular flexibility index (Phi) is 4.09. The number of rotatable bonds is 3. The minimum Gasteiger partial charge on any atom is -0.467 e. The zero-order valence-electron chi connectivity index (χ0n) is 13.3. The maximum absolute atomic E-state index is 5.16. The molecular weight excluding hydrogens is 278 g/mol. The molecule has 1 aliphatic rings. The molecule has 6 heteroatoms. The first-order valence-corrected chi connectivity index (χ1v) is 7.48. The van der Waals surface area contributed by atoms with Crippen LogP contribution in [0.15, 0.2) is 24.4 Å². The Labute approximate surface area is 130 Å². The minimum absolute atomic E-state index is 0.429. The van der Waals surface area contributed by atoms with Gasteiger partial charge < -0.3 is 14.5 Å². The van der Waals surface area contributed by atoms with E-state index in [0.717, 1.165) is 43.5 Å². The van der Waals surface area contributed by atoms with E-state index in [1.807, 2.05) is 25.3 Å². The Hall–Kier alpha value is -2.37. The first-order valence-electron chi connectivity index (χ1n) is 7.48. The highest BCUT2D eigenvalue weighted by Gasteiger charge is 2.20. The number of hydrogen-bond acceptors (Lipinski definition) is 6. The van der Waals surface area contributed by atoms with Crippen LogP contribution in [0.4, 0.5) is 11.6 Å². The van der Waals surface area contributed by atoms with E-state index in [4.69, 9.17) is 4.74 Å². The second kappa shape index (κ2) is 6.17. The Morgan fingerprint density at radius 1 is 0.955 bits per heavy atom. The number of aromatic nitrogens is 3. The van der Waals surface area contributed by atoms with Crippen LogP contribution in [0.3, 0.4) is 0 Å². The van der Waals surface area contributed by atoms with E-state index in [0.29, 0.717) is 6.01 Å². The molecule has 6 nitrogen and oxygen atoms in total. The predicted molar refractivity (Wildman–Crippen MR) is 86.7 cm³/mol. The van der Waals surface area contributed by atoms with Gasteiger partial charge in [-0.3, -0.25) is 0 Å². The fourth-order valence-corrected chi connectivity index (χ4v) is 2.64. The van der Waals surface area contributed by atoms with Crippen LogP contribution in [0.5, 0.6) is 6.01 Å². The van der Waals surface area contributed by atoms with Crippen LogP contribution in [0.1, 0.15) is 11.3 Å².